The zero-order valence-corrected chi connectivity index (χ0v) is 30.4. The summed E-state index contributed by atoms with van der Waals surface area (Å²) in [6.45, 7) is 4.46. The number of rotatable bonds is 14. The Balaban J connectivity index is 1.31. The molecule has 2 fully saturated rings. The van der Waals surface area contributed by atoms with E-state index in [-0.39, 0.29) is 36.8 Å². The van der Waals surface area contributed by atoms with Crippen LogP contribution in [-0.2, 0) is 20.9 Å². The number of phenols is 1. The van der Waals surface area contributed by atoms with E-state index in [9.17, 15) is 24.9 Å². The van der Waals surface area contributed by atoms with Crippen LogP contribution in [0.3, 0.4) is 0 Å². The van der Waals surface area contributed by atoms with Gasteiger partial charge in [0.05, 0.1) is 41.8 Å². The molecule has 2 amide bonds. The van der Waals surface area contributed by atoms with Crippen LogP contribution in [0.5, 0.6) is 11.5 Å². The van der Waals surface area contributed by atoms with Crippen molar-refractivity contribution < 1.29 is 34.4 Å². The number of nitrogens with zero attached hydrogens (tertiary/aromatic N) is 2. The first-order chi connectivity index (χ1) is 23.2. The Morgan fingerprint density at radius 3 is 2.46 bits per heavy atom. The van der Waals surface area contributed by atoms with Gasteiger partial charge in [0, 0.05) is 38.7 Å². The number of piperidine rings is 1. The highest BCUT2D eigenvalue weighted by Gasteiger charge is 2.56. The van der Waals surface area contributed by atoms with Crippen molar-refractivity contribution in [3.05, 3.63) is 73.9 Å². The largest absolute Gasteiger partial charge is 0.504 e. The molecule has 4 atom stereocenters. The maximum absolute atomic E-state index is 14.1. The van der Waals surface area contributed by atoms with Gasteiger partial charge in [-0.3, -0.25) is 19.4 Å². The van der Waals surface area contributed by atoms with E-state index < -0.39 is 23.9 Å². The number of carbonyl (C=O) groups is 2. The summed E-state index contributed by atoms with van der Waals surface area (Å²) in [5.41, 5.74) is 4.75. The molecule has 48 heavy (non-hydrogen) atoms. The van der Waals surface area contributed by atoms with E-state index in [0.29, 0.717) is 34.2 Å². The number of amides is 2. The average molecular weight is 773 g/mol. The summed E-state index contributed by atoms with van der Waals surface area (Å²) < 4.78 is 11.6. The number of benzene rings is 2. The summed E-state index contributed by atoms with van der Waals surface area (Å²) in [6.07, 6.45) is 5.72. The number of ether oxygens (including phenoxy) is 2. The number of allylic oxidation sites excluding steroid dienone is 1. The van der Waals surface area contributed by atoms with Crippen molar-refractivity contribution in [2.45, 2.75) is 70.6 Å². The summed E-state index contributed by atoms with van der Waals surface area (Å²) in [5, 5.41) is 32.8. The molecule has 0 unspecified atom stereocenters. The van der Waals surface area contributed by atoms with Gasteiger partial charge in [-0.05, 0) is 95.5 Å². The number of aromatic hydroxyl groups is 1. The highest BCUT2D eigenvalue weighted by molar-refractivity contribution is 14.1. The van der Waals surface area contributed by atoms with Crippen LogP contribution >= 0.6 is 22.6 Å². The molecule has 9 nitrogen and oxygen atoms in total. The van der Waals surface area contributed by atoms with Gasteiger partial charge in [0.25, 0.3) is 0 Å². The maximum Gasteiger partial charge on any atom is 0.234 e. The fourth-order valence-corrected chi connectivity index (χ4v) is 8.59. The van der Waals surface area contributed by atoms with E-state index in [1.807, 2.05) is 24.3 Å². The monoisotopic (exact) mass is 772 g/mol. The fraction of sp³-hybridized carbons (Fsp3) is 0.526. The Labute approximate surface area is 297 Å². The number of hydrogen-bond donors (Lipinski definition) is 3. The highest BCUT2D eigenvalue weighted by atomic mass is 127. The molecule has 3 N–H and O–H groups in total. The van der Waals surface area contributed by atoms with Gasteiger partial charge in [0.15, 0.2) is 11.5 Å². The third-order valence-electron chi connectivity index (χ3n) is 10.2. The predicted octanol–water partition coefficient (Wildman–Crippen LogP) is 5.55. The minimum Gasteiger partial charge on any atom is -0.504 e. The number of imide groups is 1. The molecular weight excluding hydrogens is 723 g/mol. The van der Waals surface area contributed by atoms with E-state index in [1.54, 1.807) is 13.2 Å². The number of likely N-dealkylation sites (tertiary alicyclic amines) is 2. The molecule has 0 radical (unpaired) electrons. The predicted molar refractivity (Wildman–Crippen MR) is 193 cm³/mol. The van der Waals surface area contributed by atoms with Crippen LogP contribution in [0.2, 0.25) is 0 Å². The van der Waals surface area contributed by atoms with Gasteiger partial charge in [-0.2, -0.15) is 0 Å². The van der Waals surface area contributed by atoms with Gasteiger partial charge in [0.2, 0.25) is 11.8 Å². The Bertz CT molecular complexity index is 1500. The molecular formula is C38H49IN2O7. The van der Waals surface area contributed by atoms with Crippen molar-refractivity contribution in [1.82, 2.24) is 9.80 Å². The van der Waals surface area contributed by atoms with Crippen molar-refractivity contribution in [2.75, 3.05) is 40.5 Å². The van der Waals surface area contributed by atoms with Crippen molar-refractivity contribution in [1.29, 1.82) is 0 Å². The molecule has 260 valence electrons. The molecule has 0 saturated carbocycles. The Kier molecular flexibility index (Phi) is 12.7. The number of methoxy groups -OCH3 is 2. The smallest absolute Gasteiger partial charge is 0.234 e. The maximum atomic E-state index is 14.1. The summed E-state index contributed by atoms with van der Waals surface area (Å²) in [7, 11) is 3.11. The lowest BCUT2D eigenvalue weighted by atomic mass is 9.68. The number of hydrogen-bond acceptors (Lipinski definition) is 8. The molecule has 0 aromatic heterocycles. The van der Waals surface area contributed by atoms with Crippen LogP contribution in [-0.4, -0.2) is 89.6 Å². The van der Waals surface area contributed by atoms with Gasteiger partial charge < -0.3 is 24.8 Å². The number of aliphatic hydroxyl groups excluding tert-OH is 2. The van der Waals surface area contributed by atoms with Crippen LogP contribution in [0, 0.1) is 21.3 Å². The highest BCUT2D eigenvalue weighted by Crippen LogP contribution is 2.47. The van der Waals surface area contributed by atoms with Crippen LogP contribution < -0.4 is 4.74 Å². The minimum absolute atomic E-state index is 0.109. The second-order valence-electron chi connectivity index (χ2n) is 13.3. The molecule has 0 bridgehead atoms. The zero-order chi connectivity index (χ0) is 34.4. The molecule has 2 heterocycles. The van der Waals surface area contributed by atoms with Gasteiger partial charge in [-0.1, -0.05) is 55.3 Å². The van der Waals surface area contributed by atoms with Gasteiger partial charge in [0.1, 0.15) is 0 Å². The van der Waals surface area contributed by atoms with Crippen LogP contribution in [0.1, 0.15) is 63.0 Å². The third-order valence-corrected chi connectivity index (χ3v) is 11.0. The van der Waals surface area contributed by atoms with Gasteiger partial charge in [-0.15, -0.1) is 0 Å². The van der Waals surface area contributed by atoms with E-state index in [1.165, 1.54) is 17.6 Å². The normalized spacial score (nSPS) is 23.2. The molecule has 2 saturated heterocycles. The van der Waals surface area contributed by atoms with Crippen LogP contribution in [0.25, 0.3) is 6.08 Å². The standard InChI is InChI=1S/C38H49IN2O7/c1-4-8-24(17-26-18-31(39)36(44)33(19-26)48-3)11-12-32(43)34-27(23-47-2)20-29-35(30(34)22-42)38(46)41(37(29)45)28-13-15-40(16-14-28)21-25-9-6-5-7-10-25/h5-7,9-10,17-19,28-30,32,35,42-44H,4,8,11-16,20-23H2,1-3H3/b24-17+/t29-,30+,32-,35-/m1/s1. The molecule has 0 spiro atoms. The van der Waals surface area contributed by atoms with Gasteiger partial charge in [-0.25, -0.2) is 0 Å². The third kappa shape index (κ3) is 7.99. The van der Waals surface area contributed by atoms with Crippen LogP contribution in [0.15, 0.2) is 59.2 Å². The summed E-state index contributed by atoms with van der Waals surface area (Å²) in [4.78, 5) is 31.9. The molecule has 2 aromatic rings. The average Bonchev–Trinajstić information content (AvgIpc) is 3.34. The molecule has 3 aliphatic rings. The Morgan fingerprint density at radius 1 is 1.08 bits per heavy atom. The minimum atomic E-state index is -0.902. The second kappa shape index (κ2) is 16.8. The Hall–Kier alpha value is -2.77. The molecule has 2 aliphatic heterocycles. The summed E-state index contributed by atoms with van der Waals surface area (Å²) in [6, 6.07) is 13.9. The molecule has 2 aromatic carbocycles. The van der Waals surface area contributed by atoms with Crippen molar-refractivity contribution in [3.63, 3.8) is 0 Å². The Morgan fingerprint density at radius 2 is 1.81 bits per heavy atom. The van der Waals surface area contributed by atoms with Crippen LogP contribution in [0.4, 0.5) is 0 Å². The lowest BCUT2D eigenvalue weighted by Crippen LogP contribution is -2.47. The first-order valence-electron chi connectivity index (χ1n) is 17.1. The topological polar surface area (TPSA) is 120 Å². The van der Waals surface area contributed by atoms with E-state index >= 15 is 0 Å². The zero-order valence-electron chi connectivity index (χ0n) is 28.2. The van der Waals surface area contributed by atoms with Crippen molar-refractivity contribution in [2.24, 2.45) is 17.8 Å². The fourth-order valence-electron chi connectivity index (χ4n) is 7.96. The lowest BCUT2D eigenvalue weighted by Gasteiger charge is -2.37. The molecule has 5 rings (SSSR count). The van der Waals surface area contributed by atoms with E-state index in [0.717, 1.165) is 62.0 Å². The first kappa shape index (κ1) is 36.5. The number of phenolic OH excluding ortho intramolecular Hbond substituents is 1. The number of carbonyl (C=O) groups excluding carboxylic acids is 2. The van der Waals surface area contributed by atoms with Crippen molar-refractivity contribution >= 4 is 40.5 Å². The molecule has 1 aliphatic carbocycles. The van der Waals surface area contributed by atoms with E-state index in [4.69, 9.17) is 9.47 Å². The first-order valence-corrected chi connectivity index (χ1v) is 18.2. The SMILES string of the molecule is CCC/C(=C\c1cc(I)c(O)c(OC)c1)CC[C@@H](O)C1=C(COC)C[C@H]2C(=O)N(C3CCN(Cc4ccccc4)CC3)C(=O)[C@H]2[C@H]1CO. The second-order valence-corrected chi connectivity index (χ2v) is 14.5. The van der Waals surface area contributed by atoms with Gasteiger partial charge >= 0.3 is 0 Å². The van der Waals surface area contributed by atoms with E-state index in [2.05, 4.69) is 52.6 Å². The molecule has 10 heteroatoms. The number of fused-ring (bicyclic) bond motifs is 1. The summed E-state index contributed by atoms with van der Waals surface area (Å²) in [5.74, 6) is -1.74. The number of halogens is 1. The summed E-state index contributed by atoms with van der Waals surface area (Å²) >= 11 is 2.08. The lowest BCUT2D eigenvalue weighted by molar-refractivity contribution is -0.144. The quantitative estimate of drug-likeness (QED) is 0.130. The van der Waals surface area contributed by atoms with Crippen molar-refractivity contribution in [3.8, 4) is 11.5 Å². The number of aliphatic hydroxyl groups is 2.